The van der Waals surface area contributed by atoms with Crippen LogP contribution in [0.3, 0.4) is 0 Å². The molecule has 0 aliphatic rings. The highest BCUT2D eigenvalue weighted by Crippen LogP contribution is 2.13. The molecule has 1 aromatic carbocycles. The maximum Gasteiger partial charge on any atom is 0.273 e. The summed E-state index contributed by atoms with van der Waals surface area (Å²) in [5, 5.41) is 17.8. The monoisotopic (exact) mass is 389 g/mol. The van der Waals surface area contributed by atoms with E-state index >= 15 is 0 Å². The van der Waals surface area contributed by atoms with Crippen LogP contribution < -0.4 is 10.9 Å². The van der Waals surface area contributed by atoms with Crippen LogP contribution in [0.2, 0.25) is 5.02 Å². The summed E-state index contributed by atoms with van der Waals surface area (Å²) in [4.78, 5) is 23.1. The summed E-state index contributed by atoms with van der Waals surface area (Å²) in [6, 6.07) is 7.43. The molecule has 7 nitrogen and oxygen atoms in total. The van der Waals surface area contributed by atoms with Gasteiger partial charge in [-0.15, -0.1) is 0 Å². The molecule has 0 spiro atoms. The molecule has 144 valence electrons. The molecule has 1 heterocycles. The summed E-state index contributed by atoms with van der Waals surface area (Å²) in [6.07, 6.45) is 1.61. The van der Waals surface area contributed by atoms with E-state index in [2.05, 4.69) is 25.7 Å². The number of benzene rings is 1. The Bertz CT molecular complexity index is 894. The SMILES string of the molecule is CC(=O)CCC(C)=NN=C(C)c1c(CCNc2ccc(Cl)cc2)[nH][nH]c1=O. The lowest BCUT2D eigenvalue weighted by Crippen LogP contribution is -2.14. The number of Topliss-reactive ketones (excluding diaryl/α,β-unsaturated/α-hetero) is 1. The predicted molar refractivity (Wildman–Crippen MR) is 110 cm³/mol. The third kappa shape index (κ3) is 6.53. The van der Waals surface area contributed by atoms with Crippen LogP contribution in [0.1, 0.15) is 44.9 Å². The molecule has 0 aliphatic carbocycles. The zero-order chi connectivity index (χ0) is 19.8. The lowest BCUT2D eigenvalue weighted by molar-refractivity contribution is -0.116. The van der Waals surface area contributed by atoms with Gasteiger partial charge in [-0.2, -0.15) is 10.2 Å². The summed E-state index contributed by atoms with van der Waals surface area (Å²) in [6.45, 7) is 5.75. The standard InChI is InChI=1S/C19H24ClN5O2/c1-12(4-5-13(2)26)22-23-14(3)18-17(24-25-19(18)27)10-11-21-16-8-6-15(20)7-9-16/h6-9,21H,4-5,10-11H2,1-3H3,(H2,24,25,27). The second kappa shape index (κ2) is 9.87. The number of ketones is 1. The minimum Gasteiger partial charge on any atom is -0.385 e. The Hall–Kier alpha value is -2.67. The number of nitrogens with one attached hydrogen (secondary N) is 3. The average Bonchev–Trinajstić information content (AvgIpc) is 3.00. The average molecular weight is 390 g/mol. The third-order valence-electron chi connectivity index (χ3n) is 3.98. The maximum atomic E-state index is 12.1. The zero-order valence-corrected chi connectivity index (χ0v) is 16.5. The van der Waals surface area contributed by atoms with E-state index < -0.39 is 0 Å². The molecule has 0 saturated heterocycles. The summed E-state index contributed by atoms with van der Waals surface area (Å²) >= 11 is 5.87. The van der Waals surface area contributed by atoms with Crippen molar-refractivity contribution in [2.24, 2.45) is 10.2 Å². The van der Waals surface area contributed by atoms with Crippen LogP contribution in [0.5, 0.6) is 0 Å². The molecule has 8 heteroatoms. The molecule has 0 amide bonds. The van der Waals surface area contributed by atoms with E-state index in [0.717, 1.165) is 17.1 Å². The minimum absolute atomic E-state index is 0.114. The van der Waals surface area contributed by atoms with Gasteiger partial charge in [0, 0.05) is 41.5 Å². The highest BCUT2D eigenvalue weighted by molar-refractivity contribution is 6.30. The number of rotatable bonds is 9. The molecule has 27 heavy (non-hydrogen) atoms. The van der Waals surface area contributed by atoms with Gasteiger partial charge in [-0.3, -0.25) is 9.89 Å². The number of hydrogen-bond acceptors (Lipinski definition) is 5. The summed E-state index contributed by atoms with van der Waals surface area (Å²) < 4.78 is 0. The molecule has 2 aromatic rings. The number of halogens is 1. The first-order valence-electron chi connectivity index (χ1n) is 8.73. The van der Waals surface area contributed by atoms with Gasteiger partial charge < -0.3 is 15.2 Å². The molecule has 0 saturated carbocycles. The third-order valence-corrected chi connectivity index (χ3v) is 4.23. The second-order valence-corrected chi connectivity index (χ2v) is 6.78. The Kier molecular flexibility index (Phi) is 7.55. The van der Waals surface area contributed by atoms with Crippen LogP contribution in [-0.4, -0.2) is 33.9 Å². The van der Waals surface area contributed by atoms with Crippen LogP contribution in [0.4, 0.5) is 5.69 Å². The summed E-state index contributed by atoms with van der Waals surface area (Å²) in [5.41, 5.74) is 3.27. The van der Waals surface area contributed by atoms with Crippen LogP contribution in [-0.2, 0) is 11.2 Å². The van der Waals surface area contributed by atoms with E-state index in [-0.39, 0.29) is 11.3 Å². The zero-order valence-electron chi connectivity index (χ0n) is 15.7. The van der Waals surface area contributed by atoms with E-state index in [0.29, 0.717) is 42.1 Å². The number of carbonyl (C=O) groups excluding carboxylic acids is 1. The number of aromatic nitrogens is 2. The van der Waals surface area contributed by atoms with Crippen LogP contribution in [0.25, 0.3) is 0 Å². The normalized spacial score (nSPS) is 12.3. The molecular formula is C19H24ClN5O2. The van der Waals surface area contributed by atoms with E-state index in [1.54, 1.807) is 13.8 Å². The topological polar surface area (TPSA) is 102 Å². The van der Waals surface area contributed by atoms with Gasteiger partial charge in [0.1, 0.15) is 5.78 Å². The summed E-state index contributed by atoms with van der Waals surface area (Å²) in [7, 11) is 0. The van der Waals surface area contributed by atoms with Crippen molar-refractivity contribution in [3.05, 3.63) is 50.9 Å². The van der Waals surface area contributed by atoms with E-state index in [1.807, 2.05) is 31.2 Å². The van der Waals surface area contributed by atoms with Crippen molar-refractivity contribution in [1.29, 1.82) is 0 Å². The Morgan fingerprint density at radius 2 is 1.78 bits per heavy atom. The van der Waals surface area contributed by atoms with Gasteiger partial charge >= 0.3 is 0 Å². The largest absolute Gasteiger partial charge is 0.385 e. The van der Waals surface area contributed by atoms with Crippen LogP contribution in [0, 0.1) is 0 Å². The number of anilines is 1. The molecule has 2 rings (SSSR count). The molecule has 0 radical (unpaired) electrons. The number of hydrogen-bond donors (Lipinski definition) is 3. The summed E-state index contributed by atoms with van der Waals surface area (Å²) in [5.74, 6) is 0.114. The smallest absolute Gasteiger partial charge is 0.273 e. The van der Waals surface area contributed by atoms with Crippen molar-refractivity contribution in [2.45, 2.75) is 40.0 Å². The molecular weight excluding hydrogens is 366 g/mol. The fourth-order valence-electron chi connectivity index (χ4n) is 2.48. The van der Waals surface area contributed by atoms with Gasteiger partial charge in [-0.1, -0.05) is 11.6 Å². The number of carbonyl (C=O) groups is 1. The van der Waals surface area contributed by atoms with Crippen molar-refractivity contribution in [3.8, 4) is 0 Å². The van der Waals surface area contributed by atoms with Crippen LogP contribution in [0.15, 0.2) is 39.3 Å². The fraction of sp³-hybridized carbons (Fsp3) is 0.368. The van der Waals surface area contributed by atoms with Crippen LogP contribution >= 0.6 is 11.6 Å². The highest BCUT2D eigenvalue weighted by Gasteiger charge is 2.13. The van der Waals surface area contributed by atoms with Gasteiger partial charge in [0.15, 0.2) is 0 Å². The first-order chi connectivity index (χ1) is 12.9. The lowest BCUT2D eigenvalue weighted by Gasteiger charge is -2.06. The fourth-order valence-corrected chi connectivity index (χ4v) is 2.61. The van der Waals surface area contributed by atoms with E-state index in [4.69, 9.17) is 11.6 Å². The van der Waals surface area contributed by atoms with Crippen molar-refractivity contribution < 1.29 is 4.79 Å². The number of aromatic amines is 2. The Morgan fingerprint density at radius 3 is 2.44 bits per heavy atom. The van der Waals surface area contributed by atoms with Gasteiger partial charge in [0.2, 0.25) is 0 Å². The molecule has 0 fully saturated rings. The quantitative estimate of drug-likeness (QED) is 0.451. The number of nitrogens with zero attached hydrogens (tertiary/aromatic N) is 2. The van der Waals surface area contributed by atoms with Crippen molar-refractivity contribution in [3.63, 3.8) is 0 Å². The first kappa shape index (κ1) is 20.6. The molecule has 3 N–H and O–H groups in total. The van der Waals surface area contributed by atoms with Gasteiger partial charge in [0.25, 0.3) is 5.56 Å². The van der Waals surface area contributed by atoms with Gasteiger partial charge in [-0.25, -0.2) is 0 Å². The molecule has 0 aliphatic heterocycles. The Balaban J connectivity index is 2.03. The van der Waals surface area contributed by atoms with Crippen molar-refractivity contribution in [1.82, 2.24) is 10.2 Å². The highest BCUT2D eigenvalue weighted by atomic mass is 35.5. The van der Waals surface area contributed by atoms with Crippen molar-refractivity contribution >= 4 is 34.5 Å². The van der Waals surface area contributed by atoms with Gasteiger partial charge in [0.05, 0.1) is 11.3 Å². The molecule has 0 unspecified atom stereocenters. The van der Waals surface area contributed by atoms with E-state index in [9.17, 15) is 9.59 Å². The Morgan fingerprint density at radius 1 is 1.07 bits per heavy atom. The Labute approximate surface area is 162 Å². The van der Waals surface area contributed by atoms with Crippen molar-refractivity contribution in [2.75, 3.05) is 11.9 Å². The van der Waals surface area contributed by atoms with Gasteiger partial charge in [-0.05, 0) is 51.5 Å². The lowest BCUT2D eigenvalue weighted by atomic mass is 10.1. The molecule has 0 atom stereocenters. The minimum atomic E-state index is -0.227. The predicted octanol–water partition coefficient (Wildman–Crippen LogP) is 3.57. The van der Waals surface area contributed by atoms with E-state index in [1.165, 1.54) is 0 Å². The first-order valence-corrected chi connectivity index (χ1v) is 9.11. The maximum absolute atomic E-state index is 12.1. The molecule has 1 aromatic heterocycles. The number of H-pyrrole nitrogens is 2. The second-order valence-electron chi connectivity index (χ2n) is 6.34. The molecule has 0 bridgehead atoms.